The summed E-state index contributed by atoms with van der Waals surface area (Å²) in [5.41, 5.74) is -0.0737. The topological polar surface area (TPSA) is 111 Å². The number of hydrogen-bond donors (Lipinski definition) is 2. The van der Waals surface area contributed by atoms with Gasteiger partial charge in [0.25, 0.3) is 11.8 Å². The van der Waals surface area contributed by atoms with Crippen LogP contribution < -0.4 is 5.32 Å². The Hall–Kier alpha value is -3.09. The minimum absolute atomic E-state index is 0.0742. The summed E-state index contributed by atoms with van der Waals surface area (Å²) >= 11 is 0. The number of imide groups is 2. The van der Waals surface area contributed by atoms with Crippen molar-refractivity contribution in [2.24, 2.45) is 0 Å². The zero-order valence-electron chi connectivity index (χ0n) is 19.0. The van der Waals surface area contributed by atoms with Crippen molar-refractivity contribution in [3.63, 3.8) is 0 Å². The third-order valence-electron chi connectivity index (χ3n) is 7.97. The molecule has 1 aromatic carbocycles. The van der Waals surface area contributed by atoms with E-state index < -0.39 is 35.3 Å². The number of rotatable bonds is 3. The molecule has 1 aliphatic carbocycles. The Morgan fingerprint density at radius 3 is 2.29 bits per heavy atom. The minimum Gasteiger partial charge on any atom is -0.385 e. The lowest BCUT2D eigenvalue weighted by atomic mass is 9.81. The van der Waals surface area contributed by atoms with E-state index in [1.165, 1.54) is 0 Å². The molecule has 4 amide bonds. The van der Waals surface area contributed by atoms with Gasteiger partial charge in [-0.15, -0.1) is 0 Å². The van der Waals surface area contributed by atoms with Gasteiger partial charge in [0, 0.05) is 38.4 Å². The van der Waals surface area contributed by atoms with Gasteiger partial charge in [-0.2, -0.15) is 0 Å². The zero-order valence-corrected chi connectivity index (χ0v) is 19.0. The lowest BCUT2D eigenvalue weighted by Crippen LogP contribution is -2.54. The highest BCUT2D eigenvalue weighted by molar-refractivity contribution is 6.23. The fourth-order valence-corrected chi connectivity index (χ4v) is 5.86. The maximum absolute atomic E-state index is 13.1. The van der Waals surface area contributed by atoms with E-state index in [-0.39, 0.29) is 30.0 Å². The molecule has 0 aromatic heterocycles. The van der Waals surface area contributed by atoms with Crippen molar-refractivity contribution >= 4 is 23.6 Å². The highest BCUT2D eigenvalue weighted by Gasteiger charge is 2.46. The molecule has 1 saturated carbocycles. The van der Waals surface area contributed by atoms with E-state index in [9.17, 15) is 24.3 Å². The lowest BCUT2D eigenvalue weighted by Gasteiger charge is -2.43. The third-order valence-corrected chi connectivity index (χ3v) is 7.97. The first-order valence-electron chi connectivity index (χ1n) is 12.0. The van der Waals surface area contributed by atoms with Gasteiger partial charge in [-0.3, -0.25) is 29.4 Å². The van der Waals surface area contributed by atoms with Crippen LogP contribution in [0.3, 0.4) is 0 Å². The summed E-state index contributed by atoms with van der Waals surface area (Å²) < 4.78 is 0. The predicted molar refractivity (Wildman–Crippen MR) is 120 cm³/mol. The highest BCUT2D eigenvalue weighted by atomic mass is 16.3. The standard InChI is InChI=1S/C25H28N4O5/c1-26-16-3-5-17(6-4-16)28-12-10-25(34,11-13-28)15-2-7-18-19(14-15)24(33)29(23(18)32)20-8-9-21(30)27-22(20)31/h2,7,14,16-17,20,34H,3-6,8-13H2,(H,27,30,31). The number of nitrogens with one attached hydrogen (secondary N) is 1. The molecule has 0 radical (unpaired) electrons. The van der Waals surface area contributed by atoms with E-state index in [0.29, 0.717) is 24.4 Å². The average molecular weight is 465 g/mol. The summed E-state index contributed by atoms with van der Waals surface area (Å²) in [6.45, 7) is 8.68. The zero-order chi connectivity index (χ0) is 24.0. The Bertz CT molecular complexity index is 1090. The van der Waals surface area contributed by atoms with Crippen LogP contribution in [0.2, 0.25) is 0 Å². The quantitative estimate of drug-likeness (QED) is 0.519. The number of fused-ring (bicyclic) bond motifs is 1. The smallest absolute Gasteiger partial charge is 0.262 e. The second-order valence-corrected chi connectivity index (χ2v) is 9.87. The number of likely N-dealkylation sites (tertiary alicyclic amines) is 1. The number of benzene rings is 1. The third kappa shape index (κ3) is 3.81. The van der Waals surface area contributed by atoms with Crippen LogP contribution in [0.4, 0.5) is 0 Å². The Kier molecular flexibility index (Phi) is 5.74. The van der Waals surface area contributed by atoms with Gasteiger partial charge in [0.15, 0.2) is 0 Å². The van der Waals surface area contributed by atoms with Crippen molar-refractivity contribution in [2.75, 3.05) is 13.1 Å². The number of nitrogens with zero attached hydrogens (tertiary/aromatic N) is 3. The number of amides is 4. The van der Waals surface area contributed by atoms with Gasteiger partial charge in [-0.1, -0.05) is 6.07 Å². The van der Waals surface area contributed by atoms with Crippen molar-refractivity contribution in [3.05, 3.63) is 46.3 Å². The van der Waals surface area contributed by atoms with E-state index >= 15 is 0 Å². The molecule has 2 saturated heterocycles. The molecule has 9 heteroatoms. The Labute approximate surface area is 197 Å². The van der Waals surface area contributed by atoms with Gasteiger partial charge in [0.2, 0.25) is 17.9 Å². The highest BCUT2D eigenvalue weighted by Crippen LogP contribution is 2.38. The van der Waals surface area contributed by atoms with Crippen LogP contribution in [-0.2, 0) is 15.2 Å². The molecule has 0 spiro atoms. The monoisotopic (exact) mass is 464 g/mol. The van der Waals surface area contributed by atoms with Crippen LogP contribution in [0.5, 0.6) is 0 Å². The normalized spacial score (nSPS) is 29.5. The van der Waals surface area contributed by atoms with Gasteiger partial charge in [0.1, 0.15) is 6.04 Å². The van der Waals surface area contributed by atoms with E-state index in [4.69, 9.17) is 6.57 Å². The maximum atomic E-state index is 13.1. The second kappa shape index (κ2) is 8.60. The molecule has 3 aliphatic heterocycles. The van der Waals surface area contributed by atoms with Crippen molar-refractivity contribution in [1.82, 2.24) is 15.1 Å². The first kappa shape index (κ1) is 22.7. The number of carbonyl (C=O) groups is 4. The van der Waals surface area contributed by atoms with Gasteiger partial charge >= 0.3 is 0 Å². The lowest BCUT2D eigenvalue weighted by molar-refractivity contribution is -0.136. The first-order chi connectivity index (χ1) is 16.3. The summed E-state index contributed by atoms with van der Waals surface area (Å²) in [6, 6.07) is 4.45. The molecule has 2 N–H and O–H groups in total. The molecular weight excluding hydrogens is 436 g/mol. The predicted octanol–water partition coefficient (Wildman–Crippen LogP) is 1.60. The van der Waals surface area contributed by atoms with Crippen LogP contribution in [0.1, 0.15) is 77.6 Å². The minimum atomic E-state index is -1.09. The molecule has 3 fully saturated rings. The van der Waals surface area contributed by atoms with Gasteiger partial charge in [0.05, 0.1) is 16.7 Å². The molecule has 9 nitrogen and oxygen atoms in total. The second-order valence-electron chi connectivity index (χ2n) is 9.87. The van der Waals surface area contributed by atoms with Crippen molar-refractivity contribution in [3.8, 4) is 0 Å². The Morgan fingerprint density at radius 2 is 1.65 bits per heavy atom. The molecule has 1 atom stereocenters. The molecule has 4 aliphatic rings. The number of hydrogen-bond acceptors (Lipinski definition) is 6. The van der Waals surface area contributed by atoms with Crippen LogP contribution in [-0.4, -0.2) is 69.8 Å². The molecule has 3 heterocycles. The van der Waals surface area contributed by atoms with Crippen molar-refractivity contribution in [1.29, 1.82) is 0 Å². The largest absolute Gasteiger partial charge is 0.385 e. The van der Waals surface area contributed by atoms with Gasteiger partial charge in [-0.25, -0.2) is 6.57 Å². The molecule has 34 heavy (non-hydrogen) atoms. The van der Waals surface area contributed by atoms with E-state index in [1.54, 1.807) is 18.2 Å². The van der Waals surface area contributed by atoms with E-state index in [1.807, 2.05) is 0 Å². The van der Waals surface area contributed by atoms with E-state index in [2.05, 4.69) is 15.1 Å². The van der Waals surface area contributed by atoms with Gasteiger partial charge in [-0.05, 0) is 49.8 Å². The van der Waals surface area contributed by atoms with Crippen LogP contribution in [0.25, 0.3) is 4.85 Å². The Balaban J connectivity index is 1.29. The molecule has 1 aromatic rings. The molecular formula is C25H28N4O5. The van der Waals surface area contributed by atoms with E-state index in [0.717, 1.165) is 43.7 Å². The fourth-order valence-electron chi connectivity index (χ4n) is 5.86. The summed E-state index contributed by atoms with van der Waals surface area (Å²) in [6.07, 6.45) is 5.11. The van der Waals surface area contributed by atoms with Gasteiger partial charge < -0.3 is 14.9 Å². The SMILES string of the molecule is [C-]#[N+]C1CCC(N2CCC(O)(c3ccc4c(c3)C(=O)N(C3CCC(=O)NC3=O)C4=O)CC2)CC1. The van der Waals surface area contributed by atoms with Crippen LogP contribution in [0.15, 0.2) is 18.2 Å². The number of carbonyl (C=O) groups excluding carboxylic acids is 4. The fraction of sp³-hybridized carbons (Fsp3) is 0.560. The summed E-state index contributed by atoms with van der Waals surface area (Å²) in [7, 11) is 0. The Morgan fingerprint density at radius 1 is 0.971 bits per heavy atom. The maximum Gasteiger partial charge on any atom is 0.262 e. The summed E-state index contributed by atoms with van der Waals surface area (Å²) in [5.74, 6) is -2.15. The number of piperidine rings is 2. The molecule has 0 bridgehead atoms. The number of aliphatic hydroxyl groups is 1. The summed E-state index contributed by atoms with van der Waals surface area (Å²) in [4.78, 5) is 56.8. The van der Waals surface area contributed by atoms with Crippen LogP contribution >= 0.6 is 0 Å². The summed E-state index contributed by atoms with van der Waals surface area (Å²) in [5, 5.41) is 13.6. The molecule has 178 valence electrons. The molecule has 1 unspecified atom stereocenters. The molecule has 5 rings (SSSR count). The van der Waals surface area contributed by atoms with Crippen molar-refractivity contribution in [2.45, 2.75) is 75.1 Å². The van der Waals surface area contributed by atoms with Crippen molar-refractivity contribution < 1.29 is 24.3 Å². The first-order valence-corrected chi connectivity index (χ1v) is 12.0. The average Bonchev–Trinajstić information content (AvgIpc) is 3.09. The van der Waals surface area contributed by atoms with Crippen LogP contribution in [0, 0.1) is 6.57 Å².